The van der Waals surface area contributed by atoms with Gasteiger partial charge in [0.15, 0.2) is 0 Å². The smallest absolute Gasteiger partial charge is 0.223 e. The first-order valence-electron chi connectivity index (χ1n) is 7.47. The van der Waals surface area contributed by atoms with Gasteiger partial charge in [0, 0.05) is 12.0 Å². The summed E-state index contributed by atoms with van der Waals surface area (Å²) < 4.78 is 0. The van der Waals surface area contributed by atoms with E-state index >= 15 is 0 Å². The molecule has 0 saturated heterocycles. The Bertz CT molecular complexity index is 284. The third-order valence-corrected chi connectivity index (χ3v) is 5.60. The highest BCUT2D eigenvalue weighted by atomic mass is 16.1. The maximum absolute atomic E-state index is 12.1. The molecule has 1 unspecified atom stereocenters. The summed E-state index contributed by atoms with van der Waals surface area (Å²) in [5, 5.41) is 3.37. The topological polar surface area (TPSA) is 29.1 Å². The second-order valence-electron chi connectivity index (χ2n) is 6.77. The van der Waals surface area contributed by atoms with Crippen molar-refractivity contribution in [2.75, 3.05) is 0 Å². The molecule has 0 aromatic heterocycles. The number of hydrogen-bond acceptors (Lipinski definition) is 1. The van der Waals surface area contributed by atoms with Crippen molar-refractivity contribution in [2.45, 2.75) is 58.4 Å². The first-order valence-corrected chi connectivity index (χ1v) is 7.47. The Hall–Kier alpha value is -0.530. The number of nitrogens with one attached hydrogen (secondary N) is 1. The van der Waals surface area contributed by atoms with Crippen molar-refractivity contribution in [3.05, 3.63) is 0 Å². The van der Waals surface area contributed by atoms with E-state index in [4.69, 9.17) is 0 Å². The molecule has 0 spiro atoms. The second-order valence-corrected chi connectivity index (χ2v) is 6.77. The van der Waals surface area contributed by atoms with Gasteiger partial charge in [0.25, 0.3) is 0 Å². The average Bonchev–Trinajstić information content (AvgIpc) is 2.31. The number of carbonyl (C=O) groups excluding carboxylic acids is 1. The molecule has 4 bridgehead atoms. The average molecular weight is 235 g/mol. The molecule has 0 aromatic carbocycles. The van der Waals surface area contributed by atoms with Crippen molar-refractivity contribution in [1.82, 2.24) is 5.32 Å². The van der Waals surface area contributed by atoms with Crippen LogP contribution < -0.4 is 5.32 Å². The molecule has 1 amide bonds. The lowest BCUT2D eigenvalue weighted by Crippen LogP contribution is -2.56. The van der Waals surface area contributed by atoms with Crippen LogP contribution in [0.5, 0.6) is 0 Å². The van der Waals surface area contributed by atoms with E-state index in [1.54, 1.807) is 0 Å². The molecule has 1 atom stereocenters. The third-order valence-electron chi connectivity index (χ3n) is 5.60. The standard InChI is InChI=1S/C15H25NO/c1-3-9(2)15(17)16-14-12-5-10-4-11(7-12)8-13(14)6-10/h9-14H,3-8H2,1-2H3,(H,16,17). The molecule has 0 aromatic rings. The summed E-state index contributed by atoms with van der Waals surface area (Å²) in [6, 6.07) is 0.518. The van der Waals surface area contributed by atoms with E-state index in [9.17, 15) is 4.79 Å². The minimum absolute atomic E-state index is 0.187. The van der Waals surface area contributed by atoms with Gasteiger partial charge >= 0.3 is 0 Å². The first kappa shape index (κ1) is 11.6. The number of carbonyl (C=O) groups is 1. The highest BCUT2D eigenvalue weighted by Crippen LogP contribution is 2.53. The first-order chi connectivity index (χ1) is 8.17. The minimum atomic E-state index is 0.187. The van der Waals surface area contributed by atoms with Crippen LogP contribution in [-0.4, -0.2) is 11.9 Å². The number of hydrogen-bond donors (Lipinski definition) is 1. The van der Waals surface area contributed by atoms with Crippen LogP contribution in [0.2, 0.25) is 0 Å². The summed E-state index contributed by atoms with van der Waals surface area (Å²) in [6.45, 7) is 4.15. The summed E-state index contributed by atoms with van der Waals surface area (Å²) in [7, 11) is 0. The third kappa shape index (κ3) is 2.00. The van der Waals surface area contributed by atoms with Crippen molar-refractivity contribution >= 4 is 5.91 Å². The minimum Gasteiger partial charge on any atom is -0.353 e. The van der Waals surface area contributed by atoms with Crippen molar-refractivity contribution in [3.8, 4) is 0 Å². The number of amides is 1. The van der Waals surface area contributed by atoms with Gasteiger partial charge in [0.1, 0.15) is 0 Å². The fourth-order valence-corrected chi connectivity index (χ4v) is 4.65. The summed E-state index contributed by atoms with van der Waals surface area (Å²) in [5.41, 5.74) is 0. The zero-order valence-electron chi connectivity index (χ0n) is 11.1. The van der Waals surface area contributed by atoms with Crippen LogP contribution in [0.25, 0.3) is 0 Å². The summed E-state index contributed by atoms with van der Waals surface area (Å²) in [6.07, 6.45) is 7.99. The molecule has 2 nitrogen and oxygen atoms in total. The number of rotatable bonds is 3. The van der Waals surface area contributed by atoms with Gasteiger partial charge < -0.3 is 5.32 Å². The quantitative estimate of drug-likeness (QED) is 0.800. The molecule has 4 fully saturated rings. The molecule has 0 aliphatic heterocycles. The molecule has 4 saturated carbocycles. The lowest BCUT2D eigenvalue weighted by Gasteiger charge is -2.54. The highest BCUT2D eigenvalue weighted by molar-refractivity contribution is 5.78. The van der Waals surface area contributed by atoms with Crippen molar-refractivity contribution in [2.24, 2.45) is 29.6 Å². The van der Waals surface area contributed by atoms with Crippen LogP contribution in [0.15, 0.2) is 0 Å². The van der Waals surface area contributed by atoms with Crippen LogP contribution in [-0.2, 0) is 4.79 Å². The van der Waals surface area contributed by atoms with Gasteiger partial charge in [0.2, 0.25) is 5.91 Å². The molecule has 96 valence electrons. The summed E-state index contributed by atoms with van der Waals surface area (Å²) in [4.78, 5) is 12.1. The zero-order valence-corrected chi connectivity index (χ0v) is 11.1. The Morgan fingerprint density at radius 1 is 1.12 bits per heavy atom. The van der Waals surface area contributed by atoms with E-state index < -0.39 is 0 Å². The van der Waals surface area contributed by atoms with Gasteiger partial charge in [-0.1, -0.05) is 13.8 Å². The molecule has 1 N–H and O–H groups in total. The molecule has 17 heavy (non-hydrogen) atoms. The SMILES string of the molecule is CCC(C)C(=O)NC1C2CC3CC(C2)CC1C3. The van der Waals surface area contributed by atoms with E-state index in [0.717, 1.165) is 30.1 Å². The van der Waals surface area contributed by atoms with Crippen LogP contribution in [0, 0.1) is 29.6 Å². The largest absolute Gasteiger partial charge is 0.353 e. The van der Waals surface area contributed by atoms with Crippen LogP contribution in [0.1, 0.15) is 52.4 Å². The molecule has 4 rings (SSSR count). The van der Waals surface area contributed by atoms with Gasteiger partial charge in [0.05, 0.1) is 0 Å². The van der Waals surface area contributed by atoms with E-state index in [2.05, 4.69) is 12.2 Å². The van der Waals surface area contributed by atoms with E-state index in [-0.39, 0.29) is 5.92 Å². The Balaban J connectivity index is 1.66. The fraction of sp³-hybridized carbons (Fsp3) is 0.933. The molecule has 2 heteroatoms. The maximum Gasteiger partial charge on any atom is 0.223 e. The van der Waals surface area contributed by atoms with E-state index in [0.29, 0.717) is 11.9 Å². The Kier molecular flexibility index (Phi) is 2.92. The molecule has 4 aliphatic carbocycles. The Labute approximate surface area is 105 Å². The molecule has 0 radical (unpaired) electrons. The lowest BCUT2D eigenvalue weighted by molar-refractivity contribution is -0.128. The Morgan fingerprint density at radius 3 is 2.12 bits per heavy atom. The van der Waals surface area contributed by atoms with Crippen molar-refractivity contribution in [3.63, 3.8) is 0 Å². The predicted octanol–water partition coefficient (Wildman–Crippen LogP) is 2.97. The van der Waals surface area contributed by atoms with Gasteiger partial charge in [-0.3, -0.25) is 4.79 Å². The van der Waals surface area contributed by atoms with Crippen LogP contribution in [0.3, 0.4) is 0 Å². The van der Waals surface area contributed by atoms with Gasteiger partial charge in [-0.25, -0.2) is 0 Å². The van der Waals surface area contributed by atoms with E-state index in [1.807, 2.05) is 6.92 Å². The van der Waals surface area contributed by atoms with E-state index in [1.165, 1.54) is 32.1 Å². The predicted molar refractivity (Wildman–Crippen MR) is 68.4 cm³/mol. The normalized spacial score (nSPS) is 44.7. The fourth-order valence-electron chi connectivity index (χ4n) is 4.65. The van der Waals surface area contributed by atoms with Crippen LogP contribution in [0.4, 0.5) is 0 Å². The highest BCUT2D eigenvalue weighted by Gasteiger charge is 2.48. The van der Waals surface area contributed by atoms with Gasteiger partial charge in [-0.15, -0.1) is 0 Å². The van der Waals surface area contributed by atoms with Gasteiger partial charge in [-0.2, -0.15) is 0 Å². The summed E-state index contributed by atoms with van der Waals surface area (Å²) in [5.74, 6) is 4.08. The summed E-state index contributed by atoms with van der Waals surface area (Å²) >= 11 is 0. The molecule has 0 heterocycles. The lowest BCUT2D eigenvalue weighted by atomic mass is 9.54. The molecular weight excluding hydrogens is 210 g/mol. The Morgan fingerprint density at radius 2 is 1.65 bits per heavy atom. The van der Waals surface area contributed by atoms with Crippen molar-refractivity contribution < 1.29 is 4.79 Å². The maximum atomic E-state index is 12.1. The van der Waals surface area contributed by atoms with Crippen molar-refractivity contribution in [1.29, 1.82) is 0 Å². The zero-order chi connectivity index (χ0) is 12.0. The monoisotopic (exact) mass is 235 g/mol. The molecular formula is C15H25NO. The second kappa shape index (κ2) is 4.29. The molecule has 4 aliphatic rings. The van der Waals surface area contributed by atoms with Gasteiger partial charge in [-0.05, 0) is 62.2 Å². The van der Waals surface area contributed by atoms with Crippen LogP contribution >= 0.6 is 0 Å².